The normalized spacial score (nSPS) is 10.2. The molecule has 0 atom stereocenters. The first-order valence-corrected chi connectivity index (χ1v) is 7.44. The van der Waals surface area contributed by atoms with Crippen LogP contribution in [0.4, 0.5) is 17.5 Å². The molecule has 0 aliphatic heterocycles. The average Bonchev–Trinajstić information content (AvgIpc) is 2.54. The van der Waals surface area contributed by atoms with Gasteiger partial charge in [-0.3, -0.25) is 4.98 Å². The van der Waals surface area contributed by atoms with Gasteiger partial charge < -0.3 is 10.6 Å². The van der Waals surface area contributed by atoms with Crippen molar-refractivity contribution in [1.29, 1.82) is 0 Å². The lowest BCUT2D eigenvalue weighted by Gasteiger charge is -2.08. The number of hydrogen-bond acceptors (Lipinski definition) is 6. The molecule has 2 heterocycles. The van der Waals surface area contributed by atoms with Crippen molar-refractivity contribution in [1.82, 2.24) is 20.2 Å². The zero-order valence-corrected chi connectivity index (χ0v) is 13.2. The Labute approximate surface area is 136 Å². The Morgan fingerprint density at radius 2 is 1.95 bits per heavy atom. The number of benzene rings is 1. The third kappa shape index (κ3) is 3.98. The Morgan fingerprint density at radius 1 is 1.09 bits per heavy atom. The molecule has 0 aliphatic carbocycles. The zero-order valence-electron chi connectivity index (χ0n) is 11.6. The summed E-state index contributed by atoms with van der Waals surface area (Å²) < 4.78 is 0.996. The molecule has 0 amide bonds. The number of pyridine rings is 1. The molecule has 22 heavy (non-hydrogen) atoms. The predicted molar refractivity (Wildman–Crippen MR) is 88.8 cm³/mol. The molecular weight excluding hydrogens is 344 g/mol. The van der Waals surface area contributed by atoms with Crippen molar-refractivity contribution in [3.05, 3.63) is 65.0 Å². The summed E-state index contributed by atoms with van der Waals surface area (Å²) in [5, 5.41) is 14.3. The van der Waals surface area contributed by atoms with E-state index in [1.807, 2.05) is 36.4 Å². The summed E-state index contributed by atoms with van der Waals surface area (Å²) in [5.41, 5.74) is 2.03. The van der Waals surface area contributed by atoms with Crippen LogP contribution in [0, 0.1) is 0 Å². The zero-order chi connectivity index (χ0) is 15.2. The summed E-state index contributed by atoms with van der Waals surface area (Å²) in [4.78, 5) is 8.37. The summed E-state index contributed by atoms with van der Waals surface area (Å²) in [6.07, 6.45) is 5.08. The summed E-state index contributed by atoms with van der Waals surface area (Å²) in [7, 11) is 0. The van der Waals surface area contributed by atoms with E-state index in [2.05, 4.69) is 46.7 Å². The highest BCUT2D eigenvalue weighted by atomic mass is 79.9. The first-order valence-electron chi connectivity index (χ1n) is 6.65. The number of aromatic nitrogens is 4. The van der Waals surface area contributed by atoms with Crippen molar-refractivity contribution in [2.75, 3.05) is 10.6 Å². The van der Waals surface area contributed by atoms with Gasteiger partial charge in [0.05, 0.1) is 6.20 Å². The second-order valence-electron chi connectivity index (χ2n) is 4.51. The summed E-state index contributed by atoms with van der Waals surface area (Å²) in [6, 6.07) is 11.7. The predicted octanol–water partition coefficient (Wildman–Crippen LogP) is 3.38. The van der Waals surface area contributed by atoms with Crippen LogP contribution in [-0.2, 0) is 6.54 Å². The van der Waals surface area contributed by atoms with E-state index in [0.29, 0.717) is 18.3 Å². The number of rotatable bonds is 5. The lowest BCUT2D eigenvalue weighted by atomic mass is 10.3. The Kier molecular flexibility index (Phi) is 4.55. The molecular formula is C15H13BrN6. The Morgan fingerprint density at radius 3 is 2.77 bits per heavy atom. The molecule has 0 bridgehead atoms. The van der Waals surface area contributed by atoms with E-state index in [-0.39, 0.29) is 0 Å². The monoisotopic (exact) mass is 356 g/mol. The molecule has 110 valence electrons. The lowest BCUT2D eigenvalue weighted by molar-refractivity contribution is 0.948. The Balaban J connectivity index is 1.67. The van der Waals surface area contributed by atoms with Gasteiger partial charge in [-0.15, -0.1) is 5.10 Å². The second-order valence-corrected chi connectivity index (χ2v) is 5.43. The van der Waals surface area contributed by atoms with Crippen molar-refractivity contribution >= 4 is 33.4 Å². The van der Waals surface area contributed by atoms with Gasteiger partial charge in [0.1, 0.15) is 0 Å². The van der Waals surface area contributed by atoms with E-state index in [0.717, 1.165) is 15.7 Å². The summed E-state index contributed by atoms with van der Waals surface area (Å²) in [5.74, 6) is 1.10. The topological polar surface area (TPSA) is 75.6 Å². The van der Waals surface area contributed by atoms with Crippen LogP contribution >= 0.6 is 15.9 Å². The number of anilines is 3. The van der Waals surface area contributed by atoms with Gasteiger partial charge in [0.15, 0.2) is 5.82 Å². The Bertz CT molecular complexity index is 750. The average molecular weight is 357 g/mol. The maximum atomic E-state index is 4.39. The fourth-order valence-electron chi connectivity index (χ4n) is 1.83. The van der Waals surface area contributed by atoms with Crippen LogP contribution in [0.2, 0.25) is 0 Å². The number of hydrogen-bond donors (Lipinski definition) is 2. The highest BCUT2D eigenvalue weighted by molar-refractivity contribution is 9.10. The third-order valence-corrected chi connectivity index (χ3v) is 3.35. The standard InChI is InChI=1S/C15H13BrN6/c16-12-2-1-3-13(8-12)20-14-10-19-22-15(21-14)18-9-11-4-6-17-7-5-11/h1-8,10H,9H2,(H2,18,20,21,22). The smallest absolute Gasteiger partial charge is 0.244 e. The minimum Gasteiger partial charge on any atom is -0.349 e. The molecule has 0 unspecified atom stereocenters. The van der Waals surface area contributed by atoms with Gasteiger partial charge in [0.25, 0.3) is 0 Å². The molecule has 2 aromatic heterocycles. The summed E-state index contributed by atoms with van der Waals surface area (Å²) in [6.45, 7) is 0.616. The van der Waals surface area contributed by atoms with Crippen LogP contribution in [0.3, 0.4) is 0 Å². The largest absolute Gasteiger partial charge is 0.349 e. The molecule has 3 aromatic rings. The van der Waals surface area contributed by atoms with E-state index in [1.165, 1.54) is 0 Å². The van der Waals surface area contributed by atoms with Gasteiger partial charge >= 0.3 is 0 Å². The number of halogens is 1. The van der Waals surface area contributed by atoms with E-state index in [4.69, 9.17) is 0 Å². The lowest BCUT2D eigenvalue weighted by Crippen LogP contribution is -2.06. The van der Waals surface area contributed by atoms with E-state index < -0.39 is 0 Å². The first-order chi connectivity index (χ1) is 10.8. The van der Waals surface area contributed by atoms with Crippen LogP contribution in [-0.4, -0.2) is 20.2 Å². The molecule has 1 aromatic carbocycles. The van der Waals surface area contributed by atoms with E-state index >= 15 is 0 Å². The van der Waals surface area contributed by atoms with Gasteiger partial charge in [0.2, 0.25) is 5.95 Å². The van der Waals surface area contributed by atoms with Crippen molar-refractivity contribution < 1.29 is 0 Å². The van der Waals surface area contributed by atoms with Crippen molar-refractivity contribution in [3.8, 4) is 0 Å². The van der Waals surface area contributed by atoms with Gasteiger partial charge in [-0.25, -0.2) is 0 Å². The van der Waals surface area contributed by atoms with Gasteiger partial charge in [-0.1, -0.05) is 22.0 Å². The minimum absolute atomic E-state index is 0.469. The maximum Gasteiger partial charge on any atom is 0.244 e. The highest BCUT2D eigenvalue weighted by Crippen LogP contribution is 2.19. The molecule has 0 spiro atoms. The van der Waals surface area contributed by atoms with Crippen LogP contribution in [0.5, 0.6) is 0 Å². The SMILES string of the molecule is Brc1cccc(Nc2cnnc(NCc3ccncc3)n2)c1. The van der Waals surface area contributed by atoms with Crippen LogP contribution in [0.15, 0.2) is 59.5 Å². The molecule has 0 aliphatic rings. The van der Waals surface area contributed by atoms with E-state index in [1.54, 1.807) is 18.6 Å². The maximum absolute atomic E-state index is 4.39. The van der Waals surface area contributed by atoms with Crippen LogP contribution < -0.4 is 10.6 Å². The molecule has 3 rings (SSSR count). The van der Waals surface area contributed by atoms with Gasteiger partial charge in [0, 0.05) is 29.1 Å². The van der Waals surface area contributed by atoms with E-state index in [9.17, 15) is 0 Å². The van der Waals surface area contributed by atoms with Gasteiger partial charge in [-0.2, -0.15) is 10.1 Å². The van der Waals surface area contributed by atoms with Gasteiger partial charge in [-0.05, 0) is 35.9 Å². The molecule has 0 saturated heterocycles. The first kappa shape index (κ1) is 14.4. The molecule has 0 radical (unpaired) electrons. The quantitative estimate of drug-likeness (QED) is 0.729. The van der Waals surface area contributed by atoms with Crippen molar-refractivity contribution in [3.63, 3.8) is 0 Å². The number of nitrogens with one attached hydrogen (secondary N) is 2. The minimum atomic E-state index is 0.469. The second kappa shape index (κ2) is 6.95. The van der Waals surface area contributed by atoms with Crippen molar-refractivity contribution in [2.24, 2.45) is 0 Å². The molecule has 0 saturated carbocycles. The summed E-state index contributed by atoms with van der Waals surface area (Å²) >= 11 is 3.43. The highest BCUT2D eigenvalue weighted by Gasteiger charge is 2.02. The molecule has 7 heteroatoms. The molecule has 2 N–H and O–H groups in total. The van der Waals surface area contributed by atoms with Crippen molar-refractivity contribution in [2.45, 2.75) is 6.54 Å². The van der Waals surface area contributed by atoms with Crippen LogP contribution in [0.1, 0.15) is 5.56 Å². The fraction of sp³-hybridized carbons (Fsp3) is 0.0667. The molecule has 0 fully saturated rings. The number of nitrogens with zero attached hydrogens (tertiary/aromatic N) is 4. The van der Waals surface area contributed by atoms with Crippen LogP contribution in [0.25, 0.3) is 0 Å². The molecule has 6 nitrogen and oxygen atoms in total. The fourth-order valence-corrected chi connectivity index (χ4v) is 2.23. The third-order valence-electron chi connectivity index (χ3n) is 2.86. The Hall–Kier alpha value is -2.54.